The summed E-state index contributed by atoms with van der Waals surface area (Å²) in [5, 5.41) is 11.4. The summed E-state index contributed by atoms with van der Waals surface area (Å²) in [6.45, 7) is 0. The van der Waals surface area contributed by atoms with Gasteiger partial charge in [0.15, 0.2) is 29.2 Å². The summed E-state index contributed by atoms with van der Waals surface area (Å²) in [5.41, 5.74) is 0.215. The van der Waals surface area contributed by atoms with Gasteiger partial charge in [-0.15, -0.1) is 0 Å². The highest BCUT2D eigenvalue weighted by Gasteiger charge is 2.34. The third kappa shape index (κ3) is 4.35. The van der Waals surface area contributed by atoms with Crippen molar-refractivity contribution in [2.75, 3.05) is 12.4 Å². The van der Waals surface area contributed by atoms with Crippen LogP contribution < -0.4 is 14.8 Å². The average molecular weight is 375 g/mol. The predicted octanol–water partition coefficient (Wildman–Crippen LogP) is 3.20. The van der Waals surface area contributed by atoms with E-state index in [0.29, 0.717) is 17.9 Å². The molecule has 0 radical (unpaired) electrons. The van der Waals surface area contributed by atoms with Crippen LogP contribution in [-0.4, -0.2) is 36.3 Å². The molecule has 0 bridgehead atoms. The van der Waals surface area contributed by atoms with Crippen molar-refractivity contribution in [3.05, 3.63) is 48.3 Å². The minimum atomic E-state index is -1.10. The number of halogens is 1. The predicted molar refractivity (Wildman–Crippen MR) is 93.6 cm³/mol. The number of benzene rings is 2. The molecule has 0 unspecified atom stereocenters. The lowest BCUT2D eigenvalue weighted by Crippen LogP contribution is -2.29. The van der Waals surface area contributed by atoms with E-state index in [4.69, 9.17) is 19.3 Å². The van der Waals surface area contributed by atoms with Gasteiger partial charge in [-0.2, -0.15) is 0 Å². The number of ether oxygens (including phenoxy) is 3. The SMILES string of the molecule is COc1ccccc1Oc1ccc(NC(=O)[C@@H]2CC[C@H](C(=O)O)O2)cc1F. The van der Waals surface area contributed by atoms with Crippen LogP contribution in [0.4, 0.5) is 10.1 Å². The maximum atomic E-state index is 14.3. The number of methoxy groups -OCH3 is 1. The zero-order valence-corrected chi connectivity index (χ0v) is 14.5. The number of hydrogen-bond donors (Lipinski definition) is 2. The second kappa shape index (κ2) is 8.05. The van der Waals surface area contributed by atoms with Gasteiger partial charge in [-0.1, -0.05) is 12.1 Å². The first-order valence-corrected chi connectivity index (χ1v) is 8.27. The monoisotopic (exact) mass is 375 g/mol. The molecule has 1 saturated heterocycles. The van der Waals surface area contributed by atoms with E-state index in [0.717, 1.165) is 6.07 Å². The van der Waals surface area contributed by atoms with Gasteiger partial charge in [-0.25, -0.2) is 9.18 Å². The topological polar surface area (TPSA) is 94.1 Å². The Kier molecular flexibility index (Phi) is 5.56. The van der Waals surface area contributed by atoms with Crippen LogP contribution in [-0.2, 0) is 14.3 Å². The van der Waals surface area contributed by atoms with Crippen LogP contribution in [0.2, 0.25) is 0 Å². The Morgan fingerprint density at radius 2 is 1.81 bits per heavy atom. The third-order valence-electron chi connectivity index (χ3n) is 4.08. The van der Waals surface area contributed by atoms with E-state index >= 15 is 0 Å². The molecule has 2 aromatic rings. The fourth-order valence-corrected chi connectivity index (χ4v) is 2.72. The zero-order valence-electron chi connectivity index (χ0n) is 14.5. The van der Waals surface area contributed by atoms with Crippen LogP contribution in [0.3, 0.4) is 0 Å². The molecule has 1 heterocycles. The smallest absolute Gasteiger partial charge is 0.332 e. The number of aliphatic carboxylic acids is 1. The summed E-state index contributed by atoms with van der Waals surface area (Å²) in [7, 11) is 1.48. The second-order valence-corrected chi connectivity index (χ2v) is 5.92. The molecule has 0 aliphatic carbocycles. The number of anilines is 1. The minimum absolute atomic E-state index is 0.0273. The summed E-state index contributed by atoms with van der Waals surface area (Å²) in [5.74, 6) is -1.50. The normalized spacial score (nSPS) is 18.7. The average Bonchev–Trinajstić information content (AvgIpc) is 3.15. The van der Waals surface area contributed by atoms with Gasteiger partial charge in [-0.3, -0.25) is 4.79 Å². The van der Waals surface area contributed by atoms with Crippen molar-refractivity contribution in [3.63, 3.8) is 0 Å². The highest BCUT2D eigenvalue weighted by Crippen LogP contribution is 2.33. The van der Waals surface area contributed by atoms with E-state index in [1.165, 1.54) is 19.2 Å². The Bertz CT molecular complexity index is 856. The molecular formula is C19H18FNO6. The Balaban J connectivity index is 1.66. The first kappa shape index (κ1) is 18.7. The van der Waals surface area contributed by atoms with Crippen molar-refractivity contribution in [1.82, 2.24) is 0 Å². The Hall–Kier alpha value is -3.13. The molecule has 1 aliphatic heterocycles. The van der Waals surface area contributed by atoms with E-state index in [-0.39, 0.29) is 17.9 Å². The maximum absolute atomic E-state index is 14.3. The standard InChI is InChI=1S/C19H18FNO6/c1-25-14-4-2-3-5-15(14)26-13-7-6-11(10-12(13)20)21-18(22)16-8-9-17(27-16)19(23)24/h2-7,10,16-17H,8-9H2,1H3,(H,21,22)(H,23,24)/t16-,17+/m0/s1. The van der Waals surface area contributed by atoms with Crippen LogP contribution >= 0.6 is 0 Å². The maximum Gasteiger partial charge on any atom is 0.332 e. The van der Waals surface area contributed by atoms with Gasteiger partial charge in [0.05, 0.1) is 7.11 Å². The quantitative estimate of drug-likeness (QED) is 0.805. The summed E-state index contributed by atoms with van der Waals surface area (Å²) in [4.78, 5) is 23.0. The number of amides is 1. The molecule has 1 aliphatic rings. The molecular weight excluding hydrogens is 357 g/mol. The second-order valence-electron chi connectivity index (χ2n) is 5.92. The van der Waals surface area contributed by atoms with Crippen molar-refractivity contribution in [2.45, 2.75) is 25.0 Å². The van der Waals surface area contributed by atoms with E-state index in [1.54, 1.807) is 24.3 Å². The molecule has 0 saturated carbocycles. The van der Waals surface area contributed by atoms with Crippen LogP contribution in [0, 0.1) is 5.82 Å². The highest BCUT2D eigenvalue weighted by molar-refractivity contribution is 5.94. The van der Waals surface area contributed by atoms with Crippen molar-refractivity contribution in [3.8, 4) is 17.2 Å². The molecule has 142 valence electrons. The number of carbonyl (C=O) groups excluding carboxylic acids is 1. The van der Waals surface area contributed by atoms with Crippen molar-refractivity contribution >= 4 is 17.6 Å². The van der Waals surface area contributed by atoms with Crippen LogP contribution in [0.25, 0.3) is 0 Å². The number of carboxylic acids is 1. The fourth-order valence-electron chi connectivity index (χ4n) is 2.72. The molecule has 1 fully saturated rings. The number of nitrogens with one attached hydrogen (secondary N) is 1. The Morgan fingerprint density at radius 3 is 2.44 bits per heavy atom. The lowest BCUT2D eigenvalue weighted by Gasteiger charge is -2.13. The number of carboxylic acid groups (broad SMARTS) is 1. The van der Waals surface area contributed by atoms with Crippen LogP contribution in [0.15, 0.2) is 42.5 Å². The summed E-state index contributed by atoms with van der Waals surface area (Å²) in [6, 6.07) is 10.8. The summed E-state index contributed by atoms with van der Waals surface area (Å²) >= 11 is 0. The lowest BCUT2D eigenvalue weighted by molar-refractivity contribution is -0.150. The fraction of sp³-hybridized carbons (Fsp3) is 0.263. The highest BCUT2D eigenvalue weighted by atomic mass is 19.1. The van der Waals surface area contributed by atoms with Gasteiger partial charge in [0.25, 0.3) is 5.91 Å². The van der Waals surface area contributed by atoms with Crippen molar-refractivity contribution in [2.24, 2.45) is 0 Å². The van der Waals surface area contributed by atoms with Gasteiger partial charge in [0.2, 0.25) is 0 Å². The first-order valence-electron chi connectivity index (χ1n) is 8.27. The van der Waals surface area contributed by atoms with E-state index in [1.807, 2.05) is 0 Å². The van der Waals surface area contributed by atoms with Gasteiger partial charge in [-0.05, 0) is 37.1 Å². The number of hydrogen-bond acceptors (Lipinski definition) is 5. The number of para-hydroxylation sites is 2. The van der Waals surface area contributed by atoms with E-state index in [2.05, 4.69) is 5.32 Å². The molecule has 2 N–H and O–H groups in total. The summed E-state index contributed by atoms with van der Waals surface area (Å²) in [6.07, 6.45) is -1.32. The van der Waals surface area contributed by atoms with E-state index in [9.17, 15) is 14.0 Å². The Labute approximate surface area is 154 Å². The van der Waals surface area contributed by atoms with Gasteiger partial charge < -0.3 is 24.6 Å². The number of carbonyl (C=O) groups is 2. The lowest BCUT2D eigenvalue weighted by atomic mass is 10.2. The van der Waals surface area contributed by atoms with Crippen LogP contribution in [0.5, 0.6) is 17.2 Å². The molecule has 0 aromatic heterocycles. The van der Waals surface area contributed by atoms with Gasteiger partial charge >= 0.3 is 5.97 Å². The molecule has 2 atom stereocenters. The molecule has 1 amide bonds. The molecule has 3 rings (SSSR count). The van der Waals surface area contributed by atoms with E-state index < -0.39 is 29.9 Å². The van der Waals surface area contributed by atoms with Crippen LogP contribution in [0.1, 0.15) is 12.8 Å². The largest absolute Gasteiger partial charge is 0.493 e. The third-order valence-corrected chi connectivity index (χ3v) is 4.08. The first-order chi connectivity index (χ1) is 13.0. The van der Waals surface area contributed by atoms with Gasteiger partial charge in [0.1, 0.15) is 6.10 Å². The molecule has 0 spiro atoms. The summed E-state index contributed by atoms with van der Waals surface area (Å²) < 4.78 is 30.2. The minimum Gasteiger partial charge on any atom is -0.493 e. The van der Waals surface area contributed by atoms with Gasteiger partial charge in [0, 0.05) is 11.8 Å². The molecule has 8 heteroatoms. The molecule has 7 nitrogen and oxygen atoms in total. The van der Waals surface area contributed by atoms with Crippen molar-refractivity contribution < 1.29 is 33.3 Å². The molecule has 27 heavy (non-hydrogen) atoms. The number of rotatable bonds is 6. The molecule has 2 aromatic carbocycles. The zero-order chi connectivity index (χ0) is 19.4. The Morgan fingerprint density at radius 1 is 1.11 bits per heavy atom. The van der Waals surface area contributed by atoms with Crippen molar-refractivity contribution in [1.29, 1.82) is 0 Å².